The highest BCUT2D eigenvalue weighted by atomic mass is 16.5. The predicted molar refractivity (Wildman–Crippen MR) is 107 cm³/mol. The Hall–Kier alpha value is -2.40. The zero-order chi connectivity index (χ0) is 19.3. The summed E-state index contributed by atoms with van der Waals surface area (Å²) in [5, 5.41) is 0. The van der Waals surface area contributed by atoms with E-state index in [0.29, 0.717) is 22.5 Å². The van der Waals surface area contributed by atoms with E-state index in [1.54, 1.807) is 12.4 Å². The summed E-state index contributed by atoms with van der Waals surface area (Å²) in [6, 6.07) is 11.0. The fourth-order valence-corrected chi connectivity index (χ4v) is 3.06. The minimum Gasteiger partial charge on any atom is -0.456 e. The molecule has 27 heavy (non-hydrogen) atoms. The first-order valence-corrected chi connectivity index (χ1v) is 9.60. The van der Waals surface area contributed by atoms with Gasteiger partial charge in [-0.05, 0) is 54.8 Å². The molecule has 1 aromatic carbocycles. The second kappa shape index (κ2) is 8.53. The molecule has 5 heteroatoms. The molecular weight excluding hydrogens is 338 g/mol. The summed E-state index contributed by atoms with van der Waals surface area (Å²) in [7, 11) is 0. The van der Waals surface area contributed by atoms with Crippen molar-refractivity contribution in [2.45, 2.75) is 27.2 Å². The first-order chi connectivity index (χ1) is 12.9. The molecule has 0 aliphatic carbocycles. The summed E-state index contributed by atoms with van der Waals surface area (Å²) in [6.45, 7) is 11.4. The molecule has 1 amide bonds. The van der Waals surface area contributed by atoms with Crippen LogP contribution < -0.4 is 4.74 Å². The number of carbonyl (C=O) groups excluding carboxylic acids is 1. The molecule has 0 atom stereocenters. The van der Waals surface area contributed by atoms with Gasteiger partial charge in [0.05, 0.1) is 6.20 Å². The molecule has 1 aliphatic rings. The summed E-state index contributed by atoms with van der Waals surface area (Å²) in [5.41, 5.74) is 1.06. The van der Waals surface area contributed by atoms with Crippen LogP contribution >= 0.6 is 0 Å². The van der Waals surface area contributed by atoms with E-state index in [2.05, 4.69) is 30.7 Å². The van der Waals surface area contributed by atoms with Crippen LogP contribution in [0.5, 0.6) is 11.5 Å². The highest BCUT2D eigenvalue weighted by Gasteiger charge is 2.23. The van der Waals surface area contributed by atoms with E-state index in [9.17, 15) is 4.79 Å². The monoisotopic (exact) mass is 367 g/mol. The Morgan fingerprint density at radius 1 is 1.04 bits per heavy atom. The molecule has 0 bridgehead atoms. The van der Waals surface area contributed by atoms with Gasteiger partial charge < -0.3 is 9.64 Å². The summed E-state index contributed by atoms with van der Waals surface area (Å²) in [5.74, 6) is 1.48. The van der Waals surface area contributed by atoms with Crippen LogP contribution in [0.3, 0.4) is 0 Å². The molecule has 144 valence electrons. The molecule has 5 nitrogen and oxygen atoms in total. The van der Waals surface area contributed by atoms with E-state index in [1.807, 2.05) is 41.3 Å². The van der Waals surface area contributed by atoms with Crippen molar-refractivity contribution >= 4 is 5.91 Å². The Kier molecular flexibility index (Phi) is 6.11. The first kappa shape index (κ1) is 19.4. The number of amides is 1. The third-order valence-corrected chi connectivity index (χ3v) is 4.81. The van der Waals surface area contributed by atoms with Crippen molar-refractivity contribution in [1.29, 1.82) is 0 Å². The lowest BCUT2D eigenvalue weighted by Crippen LogP contribution is -2.49. The van der Waals surface area contributed by atoms with Gasteiger partial charge in [-0.2, -0.15) is 0 Å². The van der Waals surface area contributed by atoms with Crippen LogP contribution in [0.4, 0.5) is 0 Å². The molecule has 1 aromatic heterocycles. The number of pyridine rings is 1. The van der Waals surface area contributed by atoms with Gasteiger partial charge in [-0.1, -0.05) is 20.8 Å². The summed E-state index contributed by atoms with van der Waals surface area (Å²) >= 11 is 0. The summed E-state index contributed by atoms with van der Waals surface area (Å²) in [4.78, 5) is 21.2. The van der Waals surface area contributed by atoms with Crippen molar-refractivity contribution in [3.8, 4) is 11.5 Å². The maximum atomic E-state index is 12.7. The molecule has 0 unspecified atom stereocenters. The van der Waals surface area contributed by atoms with Gasteiger partial charge >= 0.3 is 0 Å². The summed E-state index contributed by atoms with van der Waals surface area (Å²) in [6.07, 6.45) is 4.55. The zero-order valence-corrected chi connectivity index (χ0v) is 16.5. The average molecular weight is 367 g/mol. The number of ether oxygens (including phenoxy) is 1. The molecule has 2 aromatic rings. The molecule has 0 N–H and O–H groups in total. The lowest BCUT2D eigenvalue weighted by Gasteiger charge is -2.36. The second-order valence-corrected chi connectivity index (χ2v) is 8.26. The Balaban J connectivity index is 1.51. The molecule has 0 radical (unpaired) electrons. The Morgan fingerprint density at radius 3 is 2.33 bits per heavy atom. The lowest BCUT2D eigenvalue weighted by molar-refractivity contribution is 0.0623. The number of benzene rings is 1. The summed E-state index contributed by atoms with van der Waals surface area (Å²) < 4.78 is 5.73. The highest BCUT2D eigenvalue weighted by Crippen LogP contribution is 2.22. The van der Waals surface area contributed by atoms with Crippen LogP contribution in [0.25, 0.3) is 0 Å². The van der Waals surface area contributed by atoms with Gasteiger partial charge in [0.25, 0.3) is 5.91 Å². The third kappa shape index (κ3) is 5.79. The van der Waals surface area contributed by atoms with Crippen LogP contribution in [-0.4, -0.2) is 53.4 Å². The minimum atomic E-state index is 0.0957. The Bertz CT molecular complexity index is 730. The number of rotatable bonds is 5. The smallest absolute Gasteiger partial charge is 0.253 e. The van der Waals surface area contributed by atoms with Gasteiger partial charge in [0.1, 0.15) is 11.5 Å². The molecule has 1 aliphatic heterocycles. The second-order valence-electron chi connectivity index (χ2n) is 8.26. The van der Waals surface area contributed by atoms with Crippen molar-refractivity contribution in [2.24, 2.45) is 5.41 Å². The van der Waals surface area contributed by atoms with Crippen LogP contribution in [-0.2, 0) is 0 Å². The third-order valence-electron chi connectivity index (χ3n) is 4.81. The molecule has 0 saturated carbocycles. The largest absolute Gasteiger partial charge is 0.456 e. The van der Waals surface area contributed by atoms with Crippen LogP contribution in [0.2, 0.25) is 0 Å². The van der Waals surface area contributed by atoms with E-state index < -0.39 is 0 Å². The van der Waals surface area contributed by atoms with Crippen molar-refractivity contribution < 1.29 is 9.53 Å². The van der Waals surface area contributed by atoms with Crippen LogP contribution in [0, 0.1) is 5.41 Å². The molecule has 0 spiro atoms. The van der Waals surface area contributed by atoms with Gasteiger partial charge in [0.15, 0.2) is 0 Å². The van der Waals surface area contributed by atoms with E-state index in [0.717, 1.165) is 32.7 Å². The van der Waals surface area contributed by atoms with Crippen molar-refractivity contribution in [2.75, 3.05) is 32.7 Å². The fraction of sp³-hybridized carbons (Fsp3) is 0.455. The maximum absolute atomic E-state index is 12.7. The highest BCUT2D eigenvalue weighted by molar-refractivity contribution is 5.94. The Labute approximate surface area is 162 Å². The molecule has 3 rings (SSSR count). The van der Waals surface area contributed by atoms with Gasteiger partial charge in [-0.3, -0.25) is 14.7 Å². The minimum absolute atomic E-state index is 0.0957. The van der Waals surface area contributed by atoms with Crippen LogP contribution in [0.1, 0.15) is 37.6 Å². The number of carbonyl (C=O) groups is 1. The number of nitrogens with zero attached hydrogens (tertiary/aromatic N) is 3. The van der Waals surface area contributed by atoms with Crippen molar-refractivity contribution in [3.63, 3.8) is 0 Å². The van der Waals surface area contributed by atoms with Gasteiger partial charge in [-0.25, -0.2) is 0 Å². The molecular formula is C22H29N3O2. The fourth-order valence-electron chi connectivity index (χ4n) is 3.06. The number of aromatic nitrogens is 1. The van der Waals surface area contributed by atoms with E-state index in [4.69, 9.17) is 4.74 Å². The SMILES string of the molecule is CC(C)(C)CCN1CCN(C(=O)c2ccc(Oc3cccnc3)cc2)CC1. The lowest BCUT2D eigenvalue weighted by atomic mass is 9.92. The molecule has 2 heterocycles. The molecule has 1 fully saturated rings. The first-order valence-electron chi connectivity index (χ1n) is 9.60. The normalized spacial score (nSPS) is 15.6. The molecule has 1 saturated heterocycles. The average Bonchev–Trinajstić information content (AvgIpc) is 2.67. The van der Waals surface area contributed by atoms with Gasteiger partial charge in [0, 0.05) is 37.9 Å². The topological polar surface area (TPSA) is 45.7 Å². The standard InChI is InChI=1S/C22H29N3O2/c1-22(2,3)10-12-24-13-15-25(16-14-24)21(26)18-6-8-19(9-7-18)27-20-5-4-11-23-17-20/h4-9,11,17H,10,12-16H2,1-3H3. The van der Waals surface area contributed by atoms with Gasteiger partial charge in [-0.15, -0.1) is 0 Å². The van der Waals surface area contributed by atoms with Crippen LogP contribution in [0.15, 0.2) is 48.8 Å². The Morgan fingerprint density at radius 2 is 1.74 bits per heavy atom. The quantitative estimate of drug-likeness (QED) is 0.799. The van der Waals surface area contributed by atoms with Crippen molar-refractivity contribution in [3.05, 3.63) is 54.4 Å². The number of hydrogen-bond donors (Lipinski definition) is 0. The maximum Gasteiger partial charge on any atom is 0.253 e. The van der Waals surface area contributed by atoms with E-state index >= 15 is 0 Å². The number of hydrogen-bond acceptors (Lipinski definition) is 4. The zero-order valence-electron chi connectivity index (χ0n) is 16.5. The van der Waals surface area contributed by atoms with Gasteiger partial charge in [0.2, 0.25) is 0 Å². The van der Waals surface area contributed by atoms with Crippen molar-refractivity contribution in [1.82, 2.24) is 14.8 Å². The number of piperazine rings is 1. The van der Waals surface area contributed by atoms with E-state index in [-0.39, 0.29) is 5.91 Å². The van der Waals surface area contributed by atoms with E-state index in [1.165, 1.54) is 6.42 Å². The predicted octanol–water partition coefficient (Wildman–Crippen LogP) is 4.07.